The predicted molar refractivity (Wildman–Crippen MR) is 137 cm³/mol. The topological polar surface area (TPSA) is 73.1 Å². The average molecular weight is 535 g/mol. The van der Waals surface area contributed by atoms with Crippen molar-refractivity contribution in [3.8, 4) is 5.69 Å². The quantitative estimate of drug-likeness (QED) is 0.341. The molecule has 0 bridgehead atoms. The summed E-state index contributed by atoms with van der Waals surface area (Å²) in [6, 6.07) is 6.30. The van der Waals surface area contributed by atoms with E-state index >= 15 is 0 Å². The SMILES string of the molecule is Cc1nc(C2CCC(Cl)(c3ccc4c(c3)CN(C(=O)OC(C)(C)C)Cc3nncn3-4)CC2)sc1Cl. The van der Waals surface area contributed by atoms with Crippen molar-refractivity contribution >= 4 is 40.6 Å². The monoisotopic (exact) mass is 533 g/mol. The lowest BCUT2D eigenvalue weighted by Crippen LogP contribution is -2.36. The van der Waals surface area contributed by atoms with Gasteiger partial charge in [0.1, 0.15) is 16.3 Å². The summed E-state index contributed by atoms with van der Waals surface area (Å²) in [6.07, 6.45) is 4.94. The number of amides is 1. The molecule has 1 aliphatic carbocycles. The number of aryl methyl sites for hydroxylation is 1. The minimum absolute atomic E-state index is 0.322. The number of nitrogens with zero attached hydrogens (tertiary/aromatic N) is 5. The lowest BCUT2D eigenvalue weighted by atomic mass is 9.77. The highest BCUT2D eigenvalue weighted by Crippen LogP contribution is 2.49. The van der Waals surface area contributed by atoms with E-state index < -0.39 is 10.5 Å². The number of fused-ring (bicyclic) bond motifs is 3. The van der Waals surface area contributed by atoms with E-state index in [2.05, 4.69) is 33.4 Å². The van der Waals surface area contributed by atoms with Gasteiger partial charge in [0.25, 0.3) is 0 Å². The highest BCUT2D eigenvalue weighted by Gasteiger charge is 2.37. The van der Waals surface area contributed by atoms with E-state index in [1.54, 1.807) is 22.6 Å². The molecule has 10 heteroatoms. The number of aromatic nitrogens is 4. The molecule has 1 aliphatic heterocycles. The fourth-order valence-electron chi connectivity index (χ4n) is 4.86. The van der Waals surface area contributed by atoms with E-state index in [9.17, 15) is 4.79 Å². The van der Waals surface area contributed by atoms with Crippen molar-refractivity contribution < 1.29 is 9.53 Å². The maximum absolute atomic E-state index is 13.0. The number of hydrogen-bond donors (Lipinski definition) is 0. The van der Waals surface area contributed by atoms with Crippen LogP contribution in [-0.4, -0.2) is 36.3 Å². The van der Waals surface area contributed by atoms with Gasteiger partial charge in [-0.2, -0.15) is 0 Å². The molecular formula is C25H29Cl2N5O2S. The van der Waals surface area contributed by atoms with E-state index in [-0.39, 0.29) is 6.09 Å². The maximum atomic E-state index is 13.0. The van der Waals surface area contributed by atoms with E-state index in [4.69, 9.17) is 27.9 Å². The van der Waals surface area contributed by atoms with Crippen LogP contribution in [0.1, 0.15) is 80.0 Å². The number of alkyl halides is 1. The van der Waals surface area contributed by atoms with Gasteiger partial charge >= 0.3 is 6.09 Å². The van der Waals surface area contributed by atoms with Crippen LogP contribution in [0.5, 0.6) is 0 Å². The first-order chi connectivity index (χ1) is 16.5. The molecule has 0 atom stereocenters. The lowest BCUT2D eigenvalue weighted by molar-refractivity contribution is 0.0214. The highest BCUT2D eigenvalue weighted by atomic mass is 35.5. The summed E-state index contributed by atoms with van der Waals surface area (Å²) in [6.45, 7) is 8.29. The minimum atomic E-state index is -0.583. The first-order valence-corrected chi connectivity index (χ1v) is 13.4. The van der Waals surface area contributed by atoms with Crippen LogP contribution >= 0.6 is 34.5 Å². The van der Waals surface area contributed by atoms with Gasteiger partial charge in [-0.3, -0.25) is 9.47 Å². The second-order valence-electron chi connectivity index (χ2n) is 10.4. The number of carbonyl (C=O) groups is 1. The number of thiazole rings is 1. The largest absolute Gasteiger partial charge is 0.444 e. The zero-order valence-corrected chi connectivity index (χ0v) is 22.7. The Morgan fingerprint density at radius 3 is 2.63 bits per heavy atom. The molecule has 1 amide bonds. The molecule has 7 nitrogen and oxygen atoms in total. The molecule has 2 aromatic heterocycles. The summed E-state index contributed by atoms with van der Waals surface area (Å²) in [5.41, 5.74) is 3.35. The van der Waals surface area contributed by atoms with Crippen molar-refractivity contribution in [3.63, 3.8) is 0 Å². The number of rotatable bonds is 2. The average Bonchev–Trinajstić information content (AvgIpc) is 3.34. The maximum Gasteiger partial charge on any atom is 0.411 e. The molecule has 0 unspecified atom stereocenters. The van der Waals surface area contributed by atoms with Gasteiger partial charge in [0.15, 0.2) is 5.82 Å². The molecular weight excluding hydrogens is 505 g/mol. The Balaban J connectivity index is 1.41. The third kappa shape index (κ3) is 4.93. The number of hydrogen-bond acceptors (Lipinski definition) is 6. The van der Waals surface area contributed by atoms with Crippen LogP contribution in [-0.2, 0) is 22.7 Å². The summed E-state index contributed by atoms with van der Waals surface area (Å²) in [5.74, 6) is 1.09. The zero-order chi connectivity index (χ0) is 25.0. The molecule has 0 saturated heterocycles. The molecule has 0 radical (unpaired) electrons. The standard InChI is InChI=1S/C25H29Cl2N5O2S/c1-15-21(26)35-22(29-15)16-7-9-25(27,10-8-16)18-5-6-19-17(11-18)12-31(23(33)34-24(2,3)4)13-20-30-28-14-32(19)20/h5-6,11,14,16H,7-10,12-13H2,1-4H3. The molecule has 1 fully saturated rings. The first-order valence-electron chi connectivity index (χ1n) is 11.8. The van der Waals surface area contributed by atoms with Gasteiger partial charge in [0, 0.05) is 5.92 Å². The molecule has 0 spiro atoms. The van der Waals surface area contributed by atoms with Crippen LogP contribution in [0.25, 0.3) is 5.69 Å². The summed E-state index contributed by atoms with van der Waals surface area (Å²) in [4.78, 5) is 18.8. The molecule has 1 aromatic carbocycles. The van der Waals surface area contributed by atoms with Crippen LogP contribution < -0.4 is 0 Å². The third-order valence-corrected chi connectivity index (χ3v) is 8.91. The van der Waals surface area contributed by atoms with Crippen LogP contribution in [0.15, 0.2) is 24.5 Å². The molecule has 0 N–H and O–H groups in total. The summed E-state index contributed by atoms with van der Waals surface area (Å²) in [7, 11) is 0. The van der Waals surface area contributed by atoms with Gasteiger partial charge in [-0.25, -0.2) is 9.78 Å². The minimum Gasteiger partial charge on any atom is -0.444 e. The van der Waals surface area contributed by atoms with Crippen molar-refractivity contribution in [1.29, 1.82) is 0 Å². The summed E-state index contributed by atoms with van der Waals surface area (Å²) in [5, 5.41) is 9.43. The van der Waals surface area contributed by atoms with Crippen LogP contribution in [0.2, 0.25) is 4.34 Å². The summed E-state index contributed by atoms with van der Waals surface area (Å²) >= 11 is 15.1. The zero-order valence-electron chi connectivity index (χ0n) is 20.3. The van der Waals surface area contributed by atoms with Crippen molar-refractivity contribution in [1.82, 2.24) is 24.6 Å². The first kappa shape index (κ1) is 24.5. The Labute approximate surface area is 219 Å². The van der Waals surface area contributed by atoms with Gasteiger partial charge in [-0.05, 0) is 70.6 Å². The molecule has 2 aliphatic rings. The fourth-order valence-corrected chi connectivity index (χ4v) is 6.44. The van der Waals surface area contributed by atoms with Gasteiger partial charge in [0.05, 0.1) is 34.4 Å². The molecule has 35 heavy (non-hydrogen) atoms. The molecule has 3 heterocycles. The van der Waals surface area contributed by atoms with E-state index in [0.717, 1.165) is 57.5 Å². The Bertz CT molecular complexity index is 1240. The third-order valence-electron chi connectivity index (χ3n) is 6.70. The summed E-state index contributed by atoms with van der Waals surface area (Å²) < 4.78 is 8.37. The number of halogens is 2. The van der Waals surface area contributed by atoms with Crippen molar-refractivity contribution in [2.45, 2.75) is 82.9 Å². The van der Waals surface area contributed by atoms with Crippen LogP contribution in [0.4, 0.5) is 4.79 Å². The number of ether oxygens (including phenoxy) is 1. The smallest absolute Gasteiger partial charge is 0.411 e. The van der Waals surface area contributed by atoms with Gasteiger partial charge in [0.2, 0.25) is 0 Å². The number of benzene rings is 1. The Morgan fingerprint density at radius 1 is 1.23 bits per heavy atom. The van der Waals surface area contributed by atoms with E-state index in [1.165, 1.54) is 0 Å². The second-order valence-corrected chi connectivity index (χ2v) is 12.8. The Kier molecular flexibility index (Phi) is 6.34. The van der Waals surface area contributed by atoms with Crippen molar-refractivity contribution in [2.75, 3.05) is 0 Å². The molecule has 1 saturated carbocycles. The Morgan fingerprint density at radius 2 is 1.97 bits per heavy atom. The van der Waals surface area contributed by atoms with Gasteiger partial charge in [-0.15, -0.1) is 33.1 Å². The molecule has 5 rings (SSSR count). The molecule has 3 aromatic rings. The van der Waals surface area contributed by atoms with Crippen molar-refractivity contribution in [2.24, 2.45) is 0 Å². The normalized spacial score (nSPS) is 22.3. The van der Waals surface area contributed by atoms with Crippen LogP contribution in [0.3, 0.4) is 0 Å². The van der Waals surface area contributed by atoms with Crippen LogP contribution in [0, 0.1) is 6.92 Å². The van der Waals surface area contributed by atoms with Crippen molar-refractivity contribution in [3.05, 3.63) is 56.5 Å². The predicted octanol–water partition coefficient (Wildman–Crippen LogP) is 6.73. The van der Waals surface area contributed by atoms with E-state index in [1.807, 2.05) is 32.3 Å². The lowest BCUT2D eigenvalue weighted by Gasteiger charge is -2.35. The fraction of sp³-hybridized carbons (Fsp3) is 0.520. The highest BCUT2D eigenvalue weighted by molar-refractivity contribution is 7.16. The Hall–Kier alpha value is -2.16. The van der Waals surface area contributed by atoms with E-state index in [0.29, 0.717) is 24.8 Å². The number of carbonyl (C=O) groups excluding carboxylic acids is 1. The van der Waals surface area contributed by atoms with Gasteiger partial charge in [-0.1, -0.05) is 23.7 Å². The second kappa shape index (κ2) is 9.05. The van der Waals surface area contributed by atoms with Gasteiger partial charge < -0.3 is 4.74 Å². The molecule has 186 valence electrons.